The van der Waals surface area contributed by atoms with Crippen LogP contribution in [0.4, 0.5) is 0 Å². The molecule has 1 N–H and O–H groups in total. The Bertz CT molecular complexity index is 418. The van der Waals surface area contributed by atoms with Gasteiger partial charge in [-0.3, -0.25) is 4.79 Å². The van der Waals surface area contributed by atoms with Gasteiger partial charge in [-0.2, -0.15) is 0 Å². The van der Waals surface area contributed by atoms with Crippen molar-refractivity contribution in [3.05, 3.63) is 0 Å². The molecule has 0 amide bonds. The SMILES string of the molecule is CCCCC(C)C1(CCC2C(O)CC3OC(=O)CC32)OCCO1. The highest BCUT2D eigenvalue weighted by Gasteiger charge is 2.51. The van der Waals surface area contributed by atoms with E-state index in [0.29, 0.717) is 32.0 Å². The van der Waals surface area contributed by atoms with Crippen LogP contribution in [0.2, 0.25) is 0 Å². The van der Waals surface area contributed by atoms with E-state index in [1.165, 1.54) is 12.8 Å². The molecule has 2 saturated heterocycles. The van der Waals surface area contributed by atoms with Crippen molar-refractivity contribution in [1.29, 1.82) is 0 Å². The summed E-state index contributed by atoms with van der Waals surface area (Å²) >= 11 is 0. The predicted molar refractivity (Wildman–Crippen MR) is 84.7 cm³/mol. The van der Waals surface area contributed by atoms with Gasteiger partial charge in [0.2, 0.25) is 0 Å². The molecule has 3 aliphatic rings. The van der Waals surface area contributed by atoms with Gasteiger partial charge in [0.1, 0.15) is 6.10 Å². The first-order chi connectivity index (χ1) is 11.1. The van der Waals surface area contributed by atoms with E-state index < -0.39 is 5.79 Å². The Hall–Kier alpha value is -0.650. The quantitative estimate of drug-likeness (QED) is 0.729. The standard InChI is InChI=1S/C18H30O5/c1-3-4-5-12(2)18(21-8-9-22-18)7-6-13-14-10-17(20)23-16(14)11-15(13)19/h12-16,19H,3-11H2,1-2H3. The van der Waals surface area contributed by atoms with Crippen LogP contribution in [0.15, 0.2) is 0 Å². The first-order valence-electron chi connectivity index (χ1n) is 9.21. The van der Waals surface area contributed by atoms with Crippen molar-refractivity contribution in [3.63, 3.8) is 0 Å². The van der Waals surface area contributed by atoms with Gasteiger partial charge < -0.3 is 19.3 Å². The second-order valence-electron chi connectivity index (χ2n) is 7.45. The minimum Gasteiger partial charge on any atom is -0.462 e. The topological polar surface area (TPSA) is 65.0 Å². The fourth-order valence-electron chi connectivity index (χ4n) is 4.63. The molecule has 1 saturated carbocycles. The van der Waals surface area contributed by atoms with Gasteiger partial charge >= 0.3 is 5.97 Å². The van der Waals surface area contributed by atoms with Crippen molar-refractivity contribution in [3.8, 4) is 0 Å². The van der Waals surface area contributed by atoms with Crippen LogP contribution in [0.25, 0.3) is 0 Å². The highest BCUT2D eigenvalue weighted by atomic mass is 16.7. The summed E-state index contributed by atoms with van der Waals surface area (Å²) in [5.41, 5.74) is 0. The number of aliphatic hydroxyl groups excluding tert-OH is 1. The molecular weight excluding hydrogens is 296 g/mol. The normalized spacial score (nSPS) is 36.9. The van der Waals surface area contributed by atoms with E-state index in [1.54, 1.807) is 0 Å². The van der Waals surface area contributed by atoms with Crippen molar-refractivity contribution in [2.24, 2.45) is 17.8 Å². The van der Waals surface area contributed by atoms with Gasteiger partial charge in [0.05, 0.1) is 25.7 Å². The Labute approximate surface area is 138 Å². The predicted octanol–water partition coefficient (Wildman–Crippen LogP) is 2.65. The van der Waals surface area contributed by atoms with Gasteiger partial charge in [-0.25, -0.2) is 0 Å². The van der Waals surface area contributed by atoms with E-state index in [9.17, 15) is 9.90 Å². The molecule has 5 nitrogen and oxygen atoms in total. The number of unbranched alkanes of at least 4 members (excludes halogenated alkanes) is 1. The molecule has 5 heteroatoms. The molecule has 0 aromatic carbocycles. The van der Waals surface area contributed by atoms with Crippen molar-refractivity contribution in [1.82, 2.24) is 0 Å². The first-order valence-corrected chi connectivity index (χ1v) is 9.21. The average Bonchev–Trinajstić information content (AvgIpc) is 3.19. The third kappa shape index (κ3) is 3.42. The van der Waals surface area contributed by atoms with Crippen LogP contribution in [0.1, 0.15) is 58.8 Å². The molecule has 0 spiro atoms. The molecule has 0 radical (unpaired) electrons. The summed E-state index contributed by atoms with van der Waals surface area (Å²) in [5, 5.41) is 10.3. The number of rotatable bonds is 7. The van der Waals surface area contributed by atoms with Crippen molar-refractivity contribution in [2.45, 2.75) is 76.8 Å². The number of carbonyl (C=O) groups is 1. The molecule has 5 unspecified atom stereocenters. The number of esters is 1. The average molecular weight is 326 g/mol. The Kier molecular flexibility index (Phi) is 5.29. The Morgan fingerprint density at radius 3 is 2.78 bits per heavy atom. The van der Waals surface area contributed by atoms with E-state index in [-0.39, 0.29) is 30.0 Å². The molecule has 0 bridgehead atoms. The van der Waals surface area contributed by atoms with Crippen LogP contribution in [0.3, 0.4) is 0 Å². The maximum absolute atomic E-state index is 11.5. The maximum Gasteiger partial charge on any atom is 0.306 e. The smallest absolute Gasteiger partial charge is 0.306 e. The monoisotopic (exact) mass is 326 g/mol. The summed E-state index contributed by atoms with van der Waals surface area (Å²) in [4.78, 5) is 11.5. The number of carbonyl (C=O) groups excluding carboxylic acids is 1. The third-order valence-electron chi connectivity index (χ3n) is 6.02. The summed E-state index contributed by atoms with van der Waals surface area (Å²) in [6, 6.07) is 0. The van der Waals surface area contributed by atoms with Crippen LogP contribution in [-0.2, 0) is 19.0 Å². The van der Waals surface area contributed by atoms with Crippen LogP contribution in [-0.4, -0.2) is 42.3 Å². The molecule has 5 atom stereocenters. The first kappa shape index (κ1) is 17.2. The van der Waals surface area contributed by atoms with Crippen molar-refractivity contribution < 1.29 is 24.1 Å². The number of hydrogen-bond donors (Lipinski definition) is 1. The zero-order valence-electron chi connectivity index (χ0n) is 14.3. The van der Waals surface area contributed by atoms with Crippen LogP contribution < -0.4 is 0 Å². The lowest BCUT2D eigenvalue weighted by Crippen LogP contribution is -2.39. The van der Waals surface area contributed by atoms with Gasteiger partial charge in [0.25, 0.3) is 0 Å². The van der Waals surface area contributed by atoms with Gasteiger partial charge in [-0.05, 0) is 18.8 Å². The van der Waals surface area contributed by atoms with E-state index in [1.807, 2.05) is 0 Å². The maximum atomic E-state index is 11.5. The van der Waals surface area contributed by atoms with E-state index in [4.69, 9.17) is 14.2 Å². The van der Waals surface area contributed by atoms with Gasteiger partial charge in [-0.1, -0.05) is 26.7 Å². The van der Waals surface area contributed by atoms with E-state index in [2.05, 4.69) is 13.8 Å². The number of ether oxygens (including phenoxy) is 3. The van der Waals surface area contributed by atoms with Gasteiger partial charge in [0.15, 0.2) is 5.79 Å². The zero-order valence-corrected chi connectivity index (χ0v) is 14.3. The second kappa shape index (κ2) is 7.08. The highest BCUT2D eigenvalue weighted by molar-refractivity contribution is 5.72. The van der Waals surface area contributed by atoms with Crippen LogP contribution in [0, 0.1) is 17.8 Å². The third-order valence-corrected chi connectivity index (χ3v) is 6.02. The summed E-state index contributed by atoms with van der Waals surface area (Å²) in [6.07, 6.45) is 5.64. The Balaban J connectivity index is 1.61. The fourth-order valence-corrected chi connectivity index (χ4v) is 4.63. The molecule has 2 heterocycles. The molecule has 3 rings (SSSR count). The Morgan fingerprint density at radius 2 is 2.09 bits per heavy atom. The molecule has 1 aliphatic carbocycles. The summed E-state index contributed by atoms with van der Waals surface area (Å²) in [7, 11) is 0. The lowest BCUT2D eigenvalue weighted by molar-refractivity contribution is -0.201. The summed E-state index contributed by atoms with van der Waals surface area (Å²) in [6.45, 7) is 5.70. The molecule has 2 aliphatic heterocycles. The van der Waals surface area contributed by atoms with Crippen molar-refractivity contribution in [2.75, 3.05) is 13.2 Å². The molecule has 3 fully saturated rings. The van der Waals surface area contributed by atoms with Crippen molar-refractivity contribution >= 4 is 5.97 Å². The number of fused-ring (bicyclic) bond motifs is 1. The van der Waals surface area contributed by atoms with E-state index in [0.717, 1.165) is 19.3 Å². The lowest BCUT2D eigenvalue weighted by atomic mass is 9.83. The minimum atomic E-state index is -0.504. The Morgan fingerprint density at radius 1 is 1.35 bits per heavy atom. The lowest BCUT2D eigenvalue weighted by Gasteiger charge is -2.35. The molecule has 23 heavy (non-hydrogen) atoms. The van der Waals surface area contributed by atoms with E-state index >= 15 is 0 Å². The summed E-state index contributed by atoms with van der Waals surface area (Å²) in [5.74, 6) is 0.0182. The van der Waals surface area contributed by atoms with Crippen LogP contribution in [0.5, 0.6) is 0 Å². The van der Waals surface area contributed by atoms with Gasteiger partial charge in [0, 0.05) is 24.7 Å². The largest absolute Gasteiger partial charge is 0.462 e. The van der Waals surface area contributed by atoms with Gasteiger partial charge in [-0.15, -0.1) is 0 Å². The zero-order chi connectivity index (χ0) is 16.4. The van der Waals surface area contributed by atoms with Crippen LogP contribution >= 0.6 is 0 Å². The second-order valence-corrected chi connectivity index (χ2v) is 7.45. The number of aliphatic hydroxyl groups is 1. The number of hydrogen-bond acceptors (Lipinski definition) is 5. The minimum absolute atomic E-state index is 0.0821. The fraction of sp³-hybridized carbons (Fsp3) is 0.944. The highest BCUT2D eigenvalue weighted by Crippen LogP contribution is 2.46. The molecule has 0 aromatic heterocycles. The molecule has 0 aromatic rings. The molecule has 132 valence electrons. The molecular formula is C18H30O5. The summed E-state index contributed by atoms with van der Waals surface area (Å²) < 4.78 is 17.4.